The molecule has 0 aliphatic heterocycles. The minimum absolute atomic E-state index is 0.0209. The highest BCUT2D eigenvalue weighted by molar-refractivity contribution is 5.33. The molecular weight excluding hydrogens is 246 g/mol. The summed E-state index contributed by atoms with van der Waals surface area (Å²) in [5.74, 6) is 0.274. The molecule has 0 saturated carbocycles. The number of carbonyl (C=O) groups excluding carboxylic acids is 3. The highest BCUT2D eigenvalue weighted by Gasteiger charge is 2.09. The average molecular weight is 265 g/mol. The van der Waals surface area contributed by atoms with E-state index in [2.05, 4.69) is 15.0 Å². The van der Waals surface area contributed by atoms with Crippen LogP contribution in [0.5, 0.6) is 0 Å². The van der Waals surface area contributed by atoms with Crippen LogP contribution in [0.15, 0.2) is 15.0 Å². The fourth-order valence-electron chi connectivity index (χ4n) is 1.85. The molecule has 0 aromatic heterocycles. The summed E-state index contributed by atoms with van der Waals surface area (Å²) in [6.07, 6.45) is 8.81. The highest BCUT2D eigenvalue weighted by Crippen LogP contribution is 2.17. The standard InChI is InChI=1S/C13H19N3O3/c1-12(16-11-19)4-2-5-13(8-15-10-18)6-3-7-14-9-17/h12-13H,2-8H2,1H3. The van der Waals surface area contributed by atoms with Crippen molar-refractivity contribution in [3.05, 3.63) is 0 Å². The van der Waals surface area contributed by atoms with Crippen LogP contribution >= 0.6 is 0 Å². The molecule has 2 unspecified atom stereocenters. The number of nitrogens with zero attached hydrogens (tertiary/aromatic N) is 3. The minimum Gasteiger partial charge on any atom is -0.211 e. The molecule has 0 aliphatic rings. The molecule has 19 heavy (non-hydrogen) atoms. The molecule has 2 atom stereocenters. The fraction of sp³-hybridized carbons (Fsp3) is 0.769. The first-order valence-corrected chi connectivity index (χ1v) is 6.38. The first kappa shape index (κ1) is 17.1. The molecule has 0 bridgehead atoms. The van der Waals surface area contributed by atoms with E-state index in [-0.39, 0.29) is 12.0 Å². The third-order valence-electron chi connectivity index (χ3n) is 2.87. The van der Waals surface area contributed by atoms with E-state index >= 15 is 0 Å². The van der Waals surface area contributed by atoms with Gasteiger partial charge in [0.2, 0.25) is 18.2 Å². The fourth-order valence-corrected chi connectivity index (χ4v) is 1.85. The molecule has 6 heteroatoms. The van der Waals surface area contributed by atoms with E-state index in [1.807, 2.05) is 6.92 Å². The predicted octanol–water partition coefficient (Wildman–Crippen LogP) is 1.95. The molecule has 0 spiro atoms. The van der Waals surface area contributed by atoms with Gasteiger partial charge in [0.25, 0.3) is 0 Å². The van der Waals surface area contributed by atoms with Gasteiger partial charge in [0.15, 0.2) is 0 Å². The molecule has 0 amide bonds. The van der Waals surface area contributed by atoms with E-state index < -0.39 is 0 Å². The predicted molar refractivity (Wildman–Crippen MR) is 70.1 cm³/mol. The van der Waals surface area contributed by atoms with Crippen molar-refractivity contribution in [1.29, 1.82) is 0 Å². The van der Waals surface area contributed by atoms with Crippen LogP contribution in [0.2, 0.25) is 0 Å². The zero-order chi connectivity index (χ0) is 14.3. The van der Waals surface area contributed by atoms with Crippen molar-refractivity contribution < 1.29 is 14.4 Å². The van der Waals surface area contributed by atoms with Crippen LogP contribution in [0.3, 0.4) is 0 Å². The van der Waals surface area contributed by atoms with Gasteiger partial charge in [0.1, 0.15) is 0 Å². The number of aliphatic imine (C=N–C) groups is 3. The zero-order valence-electron chi connectivity index (χ0n) is 11.2. The Morgan fingerprint density at radius 3 is 2.21 bits per heavy atom. The van der Waals surface area contributed by atoms with Crippen molar-refractivity contribution >= 4 is 18.2 Å². The molecule has 0 rings (SSSR count). The van der Waals surface area contributed by atoms with Crippen molar-refractivity contribution in [3.8, 4) is 0 Å². The zero-order valence-corrected chi connectivity index (χ0v) is 11.2. The van der Waals surface area contributed by atoms with Gasteiger partial charge in [-0.3, -0.25) is 0 Å². The molecular formula is C13H19N3O3. The quantitative estimate of drug-likeness (QED) is 0.325. The molecule has 0 N–H and O–H groups in total. The van der Waals surface area contributed by atoms with Crippen LogP contribution in [0, 0.1) is 5.92 Å². The molecule has 0 radical (unpaired) electrons. The first-order chi connectivity index (χ1) is 9.24. The summed E-state index contributed by atoms with van der Waals surface area (Å²) >= 11 is 0. The average Bonchev–Trinajstić information content (AvgIpc) is 2.40. The van der Waals surface area contributed by atoms with Crippen LogP contribution < -0.4 is 0 Å². The first-order valence-electron chi connectivity index (χ1n) is 6.38. The Morgan fingerprint density at radius 1 is 0.895 bits per heavy atom. The molecule has 0 fully saturated rings. The lowest BCUT2D eigenvalue weighted by molar-refractivity contribution is 0.420. The van der Waals surface area contributed by atoms with Gasteiger partial charge in [-0.2, -0.15) is 0 Å². The second-order valence-corrected chi connectivity index (χ2v) is 4.41. The van der Waals surface area contributed by atoms with Crippen molar-refractivity contribution in [3.63, 3.8) is 0 Å². The molecule has 0 aromatic rings. The third-order valence-corrected chi connectivity index (χ3v) is 2.87. The summed E-state index contributed by atoms with van der Waals surface area (Å²) in [6, 6.07) is -0.0209. The summed E-state index contributed by atoms with van der Waals surface area (Å²) in [5, 5.41) is 0. The lowest BCUT2D eigenvalue weighted by atomic mass is 9.95. The van der Waals surface area contributed by atoms with E-state index in [1.165, 1.54) is 12.2 Å². The summed E-state index contributed by atoms with van der Waals surface area (Å²) in [6.45, 7) is 2.76. The van der Waals surface area contributed by atoms with Gasteiger partial charge in [-0.1, -0.05) is 6.42 Å². The van der Waals surface area contributed by atoms with Gasteiger partial charge in [-0.25, -0.2) is 29.4 Å². The van der Waals surface area contributed by atoms with Crippen molar-refractivity contribution in [2.24, 2.45) is 20.9 Å². The Bertz CT molecular complexity index is 379. The summed E-state index contributed by atoms with van der Waals surface area (Å²) in [7, 11) is 0. The van der Waals surface area contributed by atoms with Crippen molar-refractivity contribution in [2.75, 3.05) is 13.1 Å². The van der Waals surface area contributed by atoms with E-state index in [0.29, 0.717) is 13.1 Å². The van der Waals surface area contributed by atoms with E-state index in [9.17, 15) is 14.4 Å². The van der Waals surface area contributed by atoms with E-state index in [1.54, 1.807) is 6.08 Å². The normalized spacial score (nSPS) is 12.5. The SMILES string of the molecule is CC(CCCC(CCCN=C=O)CN=C=O)N=C=O. The van der Waals surface area contributed by atoms with Crippen LogP contribution in [0.25, 0.3) is 0 Å². The van der Waals surface area contributed by atoms with Gasteiger partial charge < -0.3 is 0 Å². The maximum absolute atomic E-state index is 10.1. The lowest BCUT2D eigenvalue weighted by Gasteiger charge is -2.13. The number of hydrogen-bond acceptors (Lipinski definition) is 6. The largest absolute Gasteiger partial charge is 0.235 e. The summed E-state index contributed by atoms with van der Waals surface area (Å²) in [5.41, 5.74) is 0. The topological polar surface area (TPSA) is 88.3 Å². The Balaban J connectivity index is 4.00. The van der Waals surface area contributed by atoms with Crippen LogP contribution in [-0.4, -0.2) is 37.4 Å². The Labute approximate surface area is 112 Å². The van der Waals surface area contributed by atoms with Crippen LogP contribution in [0.4, 0.5) is 0 Å². The van der Waals surface area contributed by atoms with Crippen LogP contribution in [0.1, 0.15) is 39.0 Å². The second-order valence-electron chi connectivity index (χ2n) is 4.41. The van der Waals surface area contributed by atoms with Crippen molar-refractivity contribution in [1.82, 2.24) is 0 Å². The minimum atomic E-state index is -0.0209. The maximum atomic E-state index is 10.1. The summed E-state index contributed by atoms with van der Waals surface area (Å²) in [4.78, 5) is 40.8. The number of hydrogen-bond donors (Lipinski definition) is 0. The lowest BCUT2D eigenvalue weighted by Crippen LogP contribution is -2.07. The molecule has 0 heterocycles. The second kappa shape index (κ2) is 12.6. The highest BCUT2D eigenvalue weighted by atomic mass is 16.1. The maximum Gasteiger partial charge on any atom is 0.235 e. The van der Waals surface area contributed by atoms with E-state index in [0.717, 1.165) is 32.1 Å². The Hall–Kier alpha value is -1.86. The molecule has 0 aliphatic carbocycles. The van der Waals surface area contributed by atoms with Gasteiger partial charge in [0, 0.05) is 0 Å². The monoisotopic (exact) mass is 265 g/mol. The third kappa shape index (κ3) is 11.0. The van der Waals surface area contributed by atoms with Gasteiger partial charge in [-0.05, 0) is 38.5 Å². The van der Waals surface area contributed by atoms with Gasteiger partial charge >= 0.3 is 0 Å². The summed E-state index contributed by atoms with van der Waals surface area (Å²) < 4.78 is 0. The molecule has 0 saturated heterocycles. The smallest absolute Gasteiger partial charge is 0.211 e. The van der Waals surface area contributed by atoms with E-state index in [4.69, 9.17) is 0 Å². The number of rotatable bonds is 11. The van der Waals surface area contributed by atoms with Crippen LogP contribution in [-0.2, 0) is 14.4 Å². The molecule has 104 valence electrons. The number of isocyanates is 3. The van der Waals surface area contributed by atoms with Gasteiger partial charge in [-0.15, -0.1) is 0 Å². The molecule has 0 aromatic carbocycles. The Morgan fingerprint density at radius 2 is 1.58 bits per heavy atom. The molecule has 6 nitrogen and oxygen atoms in total. The van der Waals surface area contributed by atoms with Crippen molar-refractivity contribution in [2.45, 2.75) is 45.1 Å². The van der Waals surface area contributed by atoms with Gasteiger partial charge in [0.05, 0.1) is 19.1 Å². The Kier molecular flexibility index (Phi) is 11.4.